The van der Waals surface area contributed by atoms with Gasteiger partial charge in [0.2, 0.25) is 11.8 Å². The number of β-lactam (4-membered cyclic amide) rings is 1. The van der Waals surface area contributed by atoms with Crippen molar-refractivity contribution >= 4 is 35.6 Å². The highest BCUT2D eigenvalue weighted by Gasteiger charge is 2.57. The highest BCUT2D eigenvalue weighted by molar-refractivity contribution is 6.18. The summed E-state index contributed by atoms with van der Waals surface area (Å²) in [6.45, 7) is 1.26. The minimum atomic E-state index is -5.06. The van der Waals surface area contributed by atoms with Gasteiger partial charge >= 0.3 is 36.9 Å². The van der Waals surface area contributed by atoms with Crippen LogP contribution in [0.2, 0.25) is 0 Å². The summed E-state index contributed by atoms with van der Waals surface area (Å²) in [6.07, 6.45) is -24.2. The Labute approximate surface area is 543 Å². The number of nitriles is 2. The molecular formula is C68H63ClF12N6O8. The standard InChI is InChI=1S/C34H32ClF6N3O4.C34H31F6N3O4/c1-23(25-16-27(33(36,37)38)18-28(17-25)34(39,40)41)48-22-32(26-10-6-3-7-11-26)14-13-31(20-42,43-29(45)12-15-35)21-44(32)30(46)47-19-24-8-4-2-5-9-24;1-23(25-16-27(33(35,36)37)18-28(17-25)34(38,39)40)47-22-32(26-10-6-3-7-11-26)14-13-31(20-41,42-15-12-29(42)44)21-43(32)30(45)46-19-24-8-4-2-5-9-24/h2-11,16-18,23H,12-15,19,21-22H2,1H3,(H,43,45);2-11,16-18,23H,12-15,19,21-22H2,1H3/t2*23-,31-,32-/m11/s1. The van der Waals surface area contributed by atoms with Crippen LogP contribution in [0, 0.1) is 22.7 Å². The third kappa shape index (κ3) is 17.0. The Hall–Kier alpha value is -8.85. The summed E-state index contributed by atoms with van der Waals surface area (Å²) in [5.41, 5.74) is -10.0. The molecular weight excluding hydrogens is 1290 g/mol. The molecule has 4 amide bonds. The highest BCUT2D eigenvalue weighted by Crippen LogP contribution is 2.48. The summed E-state index contributed by atoms with van der Waals surface area (Å²) < 4.78 is 187. The molecule has 14 nitrogen and oxygen atoms in total. The zero-order valence-corrected chi connectivity index (χ0v) is 51.7. The van der Waals surface area contributed by atoms with Crippen LogP contribution in [0.1, 0.15) is 120 Å². The van der Waals surface area contributed by atoms with E-state index in [9.17, 15) is 82.4 Å². The topological polar surface area (TPSA) is 175 Å². The maximum Gasteiger partial charge on any atom is 0.416 e. The van der Waals surface area contributed by atoms with Crippen molar-refractivity contribution in [1.29, 1.82) is 10.5 Å². The van der Waals surface area contributed by atoms with Gasteiger partial charge in [-0.2, -0.15) is 63.2 Å². The van der Waals surface area contributed by atoms with Crippen LogP contribution >= 0.6 is 11.6 Å². The molecule has 0 aromatic heterocycles. The Morgan fingerprint density at radius 1 is 0.547 bits per heavy atom. The minimum absolute atomic E-state index is 0.00469. The minimum Gasteiger partial charge on any atom is -0.445 e. The fourth-order valence-corrected chi connectivity index (χ4v) is 11.8. The molecule has 3 fully saturated rings. The van der Waals surface area contributed by atoms with E-state index in [2.05, 4.69) is 17.5 Å². The smallest absolute Gasteiger partial charge is 0.416 e. The van der Waals surface area contributed by atoms with Crippen LogP contribution in [0.15, 0.2) is 158 Å². The monoisotopic (exact) mass is 1350 g/mol. The first-order valence-electron chi connectivity index (χ1n) is 29.7. The number of rotatable bonds is 18. The third-order valence-corrected chi connectivity index (χ3v) is 17.3. The Kier molecular flexibility index (Phi) is 22.3. The number of carbonyl (C=O) groups is 4. The Morgan fingerprint density at radius 2 is 0.926 bits per heavy atom. The molecule has 0 aliphatic carbocycles. The lowest BCUT2D eigenvalue weighted by molar-refractivity contribution is -0.153. The van der Waals surface area contributed by atoms with E-state index in [-0.39, 0.29) is 106 Å². The van der Waals surface area contributed by atoms with Gasteiger partial charge in [0.05, 0.1) is 84.0 Å². The Bertz CT molecular complexity index is 3680. The molecule has 3 saturated heterocycles. The number of nitrogens with zero attached hydrogens (tertiary/aromatic N) is 5. The van der Waals surface area contributed by atoms with E-state index < -0.39 is 106 Å². The van der Waals surface area contributed by atoms with Crippen molar-refractivity contribution in [2.45, 2.75) is 125 Å². The van der Waals surface area contributed by atoms with Gasteiger partial charge in [0.15, 0.2) is 0 Å². The molecule has 3 heterocycles. The van der Waals surface area contributed by atoms with Crippen LogP contribution in [0.4, 0.5) is 62.3 Å². The molecule has 0 saturated carbocycles. The molecule has 504 valence electrons. The van der Waals surface area contributed by atoms with Crippen LogP contribution < -0.4 is 5.32 Å². The van der Waals surface area contributed by atoms with Crippen molar-refractivity contribution < 1.29 is 90.8 Å². The second kappa shape index (κ2) is 29.4. The van der Waals surface area contributed by atoms with Gasteiger partial charge in [0.25, 0.3) is 0 Å². The molecule has 27 heteroatoms. The summed E-state index contributed by atoms with van der Waals surface area (Å²) in [4.78, 5) is 57.0. The van der Waals surface area contributed by atoms with Gasteiger partial charge in [-0.25, -0.2) is 9.59 Å². The number of hydrogen-bond donors (Lipinski definition) is 1. The fourth-order valence-electron chi connectivity index (χ4n) is 11.7. The molecule has 3 aliphatic heterocycles. The normalized spacial score (nSPS) is 21.4. The molecule has 0 unspecified atom stereocenters. The number of likely N-dealkylation sites (tertiary alicyclic amines) is 3. The second-order valence-electron chi connectivity index (χ2n) is 23.3. The number of nitrogens with one attached hydrogen (secondary N) is 1. The molecule has 0 spiro atoms. The molecule has 6 atom stereocenters. The van der Waals surface area contributed by atoms with Crippen molar-refractivity contribution in [3.8, 4) is 12.1 Å². The first-order chi connectivity index (χ1) is 44.8. The highest BCUT2D eigenvalue weighted by atomic mass is 35.5. The lowest BCUT2D eigenvalue weighted by atomic mass is 9.73. The van der Waals surface area contributed by atoms with Crippen LogP contribution in [0.5, 0.6) is 0 Å². The van der Waals surface area contributed by atoms with Crippen molar-refractivity contribution in [2.24, 2.45) is 0 Å². The van der Waals surface area contributed by atoms with Gasteiger partial charge in [0, 0.05) is 25.3 Å². The van der Waals surface area contributed by atoms with E-state index >= 15 is 0 Å². The Morgan fingerprint density at radius 3 is 1.26 bits per heavy atom. The first kappa shape index (κ1) is 72.0. The lowest BCUT2D eigenvalue weighted by Crippen LogP contribution is -2.69. The predicted molar refractivity (Wildman–Crippen MR) is 319 cm³/mol. The van der Waals surface area contributed by atoms with Crippen molar-refractivity contribution in [3.63, 3.8) is 0 Å². The van der Waals surface area contributed by atoms with Gasteiger partial charge in [0.1, 0.15) is 24.3 Å². The maximum absolute atomic E-state index is 14.0. The van der Waals surface area contributed by atoms with E-state index in [0.29, 0.717) is 53.1 Å². The van der Waals surface area contributed by atoms with E-state index in [0.717, 1.165) is 0 Å². The summed E-state index contributed by atoms with van der Waals surface area (Å²) >= 11 is 5.73. The van der Waals surface area contributed by atoms with E-state index in [1.165, 1.54) is 28.5 Å². The van der Waals surface area contributed by atoms with Gasteiger partial charge in [-0.05, 0) is 109 Å². The van der Waals surface area contributed by atoms with Gasteiger partial charge < -0.3 is 29.2 Å². The average molecular weight is 1360 g/mol. The van der Waals surface area contributed by atoms with Gasteiger partial charge in [-0.15, -0.1) is 11.6 Å². The number of piperidine rings is 2. The van der Waals surface area contributed by atoms with Crippen LogP contribution in [0.25, 0.3) is 0 Å². The molecule has 6 aromatic rings. The number of amides is 4. The molecule has 6 aromatic carbocycles. The summed E-state index contributed by atoms with van der Waals surface area (Å²) in [5, 5.41) is 23.3. The lowest BCUT2D eigenvalue weighted by Gasteiger charge is -2.55. The number of ether oxygens (including phenoxy) is 4. The fraction of sp³-hybridized carbons (Fsp3) is 0.382. The van der Waals surface area contributed by atoms with E-state index in [4.69, 9.17) is 30.5 Å². The quantitative estimate of drug-likeness (QED) is 0.0495. The largest absolute Gasteiger partial charge is 0.445 e. The molecule has 0 radical (unpaired) electrons. The maximum atomic E-state index is 14.0. The van der Waals surface area contributed by atoms with Gasteiger partial charge in [-0.1, -0.05) is 121 Å². The first-order valence-corrected chi connectivity index (χ1v) is 30.2. The van der Waals surface area contributed by atoms with E-state index in [1.54, 1.807) is 121 Å². The van der Waals surface area contributed by atoms with E-state index in [1.807, 2.05) is 0 Å². The zero-order valence-electron chi connectivity index (χ0n) is 51.0. The van der Waals surface area contributed by atoms with Crippen molar-refractivity contribution in [2.75, 3.05) is 38.7 Å². The summed E-state index contributed by atoms with van der Waals surface area (Å²) in [7, 11) is 0. The van der Waals surface area contributed by atoms with Crippen LogP contribution in [-0.4, -0.2) is 88.5 Å². The number of benzene rings is 6. The number of halogens is 13. The SMILES string of the molecule is C[C@@H](OC[C@@]1(c2ccccc2)CC[C@](C#N)(N2CCC2=O)CN1C(=O)OCc1ccccc1)c1cc(C(F)(F)F)cc(C(F)(F)F)c1.C[C@@H](OC[C@@]1(c2ccccc2)CC[C@](C#N)(NC(=O)CCCl)CN1C(=O)OCc1ccccc1)c1cc(C(F)(F)F)cc(C(F)(F)F)c1. The molecule has 95 heavy (non-hydrogen) atoms. The van der Waals surface area contributed by atoms with Crippen LogP contribution in [0.3, 0.4) is 0 Å². The van der Waals surface area contributed by atoms with Crippen molar-refractivity contribution in [1.82, 2.24) is 20.0 Å². The zero-order chi connectivity index (χ0) is 69.2. The third-order valence-electron chi connectivity index (χ3n) is 17.1. The molecule has 0 bridgehead atoms. The second-order valence-corrected chi connectivity index (χ2v) is 23.6. The number of hydrogen-bond acceptors (Lipinski definition) is 10. The average Bonchev–Trinajstić information content (AvgIpc) is 0.739. The number of carbonyl (C=O) groups excluding carboxylic acids is 4. The van der Waals surface area contributed by atoms with Gasteiger partial charge in [-0.3, -0.25) is 19.4 Å². The molecule has 9 rings (SSSR count). The van der Waals surface area contributed by atoms with Crippen LogP contribution in [-0.2, 0) is 77.5 Å². The summed E-state index contributed by atoms with van der Waals surface area (Å²) in [5.74, 6) is -0.779. The molecule has 1 N–H and O–H groups in total. The molecule has 3 aliphatic rings. The summed E-state index contributed by atoms with van der Waals surface area (Å²) in [6, 6.07) is 41.4. The number of alkyl halides is 13. The Balaban J connectivity index is 0.000000243. The predicted octanol–water partition coefficient (Wildman–Crippen LogP) is 15.8. The van der Waals surface area contributed by atoms with Crippen molar-refractivity contribution in [3.05, 3.63) is 213 Å².